The van der Waals surface area contributed by atoms with Gasteiger partial charge in [0.2, 0.25) is 14.2 Å². The normalized spacial score (nSPS) is 11.8. The van der Waals surface area contributed by atoms with Gasteiger partial charge in [0.05, 0.1) is 5.69 Å². The molecule has 1 aromatic heterocycles. The number of aromatic nitrogens is 1. The summed E-state index contributed by atoms with van der Waals surface area (Å²) in [4.78, 5) is 3.95. The molecule has 0 atom stereocenters. The molecule has 12 heavy (non-hydrogen) atoms. The smallest absolute Gasteiger partial charge is 0.209 e. The van der Waals surface area contributed by atoms with Gasteiger partial charge in [0.1, 0.15) is 0 Å². The molecule has 0 bridgehead atoms. The number of hydrogen-bond donors (Lipinski definition) is 0. The van der Waals surface area contributed by atoms with Crippen LogP contribution in [0.1, 0.15) is 19.0 Å². The molecule has 3 nitrogen and oxygen atoms in total. The minimum absolute atomic E-state index is 0.196. The number of thiazole rings is 1. The van der Waals surface area contributed by atoms with Crippen LogP contribution in [0, 0.1) is 6.42 Å². The first-order valence-electron chi connectivity index (χ1n) is 3.53. The molecule has 0 amide bonds. The minimum atomic E-state index is -3.11. The van der Waals surface area contributed by atoms with E-state index in [-0.39, 0.29) is 4.34 Å². The van der Waals surface area contributed by atoms with Crippen molar-refractivity contribution in [1.29, 1.82) is 0 Å². The van der Waals surface area contributed by atoms with Crippen molar-refractivity contribution >= 4 is 21.2 Å². The molecular weight excluding hydrogens is 194 g/mol. The van der Waals surface area contributed by atoms with Crippen molar-refractivity contribution in [2.24, 2.45) is 0 Å². The fraction of sp³-hybridized carbons (Fsp3) is 0.429. The molecule has 0 aliphatic heterocycles. The Hall–Kier alpha value is -0.420. The summed E-state index contributed by atoms with van der Waals surface area (Å²) in [6.45, 7) is 1.99. The van der Waals surface area contributed by atoms with Crippen LogP contribution >= 0.6 is 11.3 Å². The summed E-state index contributed by atoms with van der Waals surface area (Å²) in [6.07, 6.45) is 3.93. The van der Waals surface area contributed by atoms with Crippen LogP contribution < -0.4 is 0 Å². The summed E-state index contributed by atoms with van der Waals surface area (Å²) >= 11 is 1.17. The predicted molar refractivity (Wildman–Crippen MR) is 48.9 cm³/mol. The molecule has 0 fully saturated rings. The highest BCUT2D eigenvalue weighted by molar-refractivity contribution is 7.92. The maximum atomic E-state index is 11.0. The van der Waals surface area contributed by atoms with E-state index in [0.29, 0.717) is 0 Å². The number of rotatable bonds is 3. The van der Waals surface area contributed by atoms with Crippen LogP contribution in [0.2, 0.25) is 0 Å². The van der Waals surface area contributed by atoms with Gasteiger partial charge in [0, 0.05) is 18.1 Å². The standard InChI is InChI=1S/C7H10NO2S2/c1-3-4-6-5-11-7(8-6)12(2,9)10/h4-5H,3H2,1-2H3. The SMILES string of the molecule is CC[CH]c1csc(S(C)(=O)=O)n1. The average Bonchev–Trinajstić information content (AvgIpc) is 2.35. The molecule has 0 N–H and O–H groups in total. The van der Waals surface area contributed by atoms with E-state index in [9.17, 15) is 8.42 Å². The zero-order valence-electron chi connectivity index (χ0n) is 6.94. The van der Waals surface area contributed by atoms with Gasteiger partial charge in [-0.15, -0.1) is 11.3 Å². The Kier molecular flexibility index (Phi) is 2.85. The lowest BCUT2D eigenvalue weighted by atomic mass is 10.3. The quantitative estimate of drug-likeness (QED) is 0.749. The molecule has 0 saturated heterocycles. The molecule has 67 valence electrons. The van der Waals surface area contributed by atoms with Crippen molar-refractivity contribution in [1.82, 2.24) is 4.98 Å². The fourth-order valence-electron chi connectivity index (χ4n) is 0.742. The molecule has 0 unspecified atom stereocenters. The Bertz CT molecular complexity index is 353. The summed E-state index contributed by atoms with van der Waals surface area (Å²) in [6, 6.07) is 0. The summed E-state index contributed by atoms with van der Waals surface area (Å²) < 4.78 is 22.2. The Morgan fingerprint density at radius 1 is 1.67 bits per heavy atom. The van der Waals surface area contributed by atoms with Crippen molar-refractivity contribution in [3.63, 3.8) is 0 Å². The van der Waals surface area contributed by atoms with E-state index in [4.69, 9.17) is 0 Å². The van der Waals surface area contributed by atoms with Crippen LogP contribution in [0.15, 0.2) is 9.72 Å². The van der Waals surface area contributed by atoms with Crippen molar-refractivity contribution in [3.05, 3.63) is 17.5 Å². The van der Waals surface area contributed by atoms with Gasteiger partial charge < -0.3 is 0 Å². The Balaban J connectivity index is 2.92. The van der Waals surface area contributed by atoms with Gasteiger partial charge in [-0.1, -0.05) is 6.92 Å². The average molecular weight is 204 g/mol. The molecule has 0 aliphatic rings. The maximum Gasteiger partial charge on any atom is 0.209 e. The van der Waals surface area contributed by atoms with Gasteiger partial charge in [-0.2, -0.15) is 0 Å². The van der Waals surface area contributed by atoms with Gasteiger partial charge in [0.15, 0.2) is 0 Å². The zero-order valence-corrected chi connectivity index (χ0v) is 8.58. The molecule has 0 aliphatic carbocycles. The largest absolute Gasteiger partial charge is 0.230 e. The molecule has 1 rings (SSSR count). The molecule has 1 radical (unpaired) electrons. The first kappa shape index (κ1) is 9.67. The number of sulfone groups is 1. The minimum Gasteiger partial charge on any atom is -0.230 e. The fourth-order valence-corrected chi connectivity index (χ4v) is 2.39. The van der Waals surface area contributed by atoms with E-state index < -0.39 is 9.84 Å². The number of nitrogens with zero attached hydrogens (tertiary/aromatic N) is 1. The molecule has 1 aromatic rings. The summed E-state index contributed by atoms with van der Waals surface area (Å²) in [5.74, 6) is 0. The van der Waals surface area contributed by atoms with E-state index in [0.717, 1.165) is 12.1 Å². The summed E-state index contributed by atoms with van der Waals surface area (Å²) in [5, 5.41) is 1.75. The lowest BCUT2D eigenvalue weighted by molar-refractivity contribution is 0.601. The molecule has 0 aromatic carbocycles. The van der Waals surface area contributed by atoms with Gasteiger partial charge in [-0.25, -0.2) is 13.4 Å². The topological polar surface area (TPSA) is 47.0 Å². The van der Waals surface area contributed by atoms with Crippen molar-refractivity contribution in [3.8, 4) is 0 Å². The monoisotopic (exact) mass is 204 g/mol. The second kappa shape index (κ2) is 3.53. The first-order chi connectivity index (χ1) is 5.54. The van der Waals surface area contributed by atoms with E-state index >= 15 is 0 Å². The Morgan fingerprint density at radius 2 is 2.33 bits per heavy atom. The third kappa shape index (κ3) is 2.28. The van der Waals surface area contributed by atoms with Crippen LogP contribution in [0.3, 0.4) is 0 Å². The van der Waals surface area contributed by atoms with Crippen LogP contribution in [-0.2, 0) is 9.84 Å². The second-order valence-electron chi connectivity index (χ2n) is 2.42. The predicted octanol–water partition coefficient (Wildman–Crippen LogP) is 1.51. The summed E-state index contributed by atoms with van der Waals surface area (Å²) in [7, 11) is -3.11. The van der Waals surface area contributed by atoms with Crippen molar-refractivity contribution in [2.45, 2.75) is 17.7 Å². The van der Waals surface area contributed by atoms with Crippen molar-refractivity contribution < 1.29 is 8.42 Å². The van der Waals surface area contributed by atoms with Crippen LogP contribution in [0.4, 0.5) is 0 Å². The lowest BCUT2D eigenvalue weighted by Crippen LogP contribution is -1.96. The van der Waals surface area contributed by atoms with E-state index in [1.54, 1.807) is 5.38 Å². The highest BCUT2D eigenvalue weighted by Gasteiger charge is 2.11. The third-order valence-corrected chi connectivity index (χ3v) is 3.81. The van der Waals surface area contributed by atoms with Crippen molar-refractivity contribution in [2.75, 3.05) is 6.26 Å². The van der Waals surface area contributed by atoms with Gasteiger partial charge in [-0.05, 0) is 6.42 Å². The van der Waals surface area contributed by atoms with Gasteiger partial charge >= 0.3 is 0 Å². The van der Waals surface area contributed by atoms with E-state index in [2.05, 4.69) is 4.98 Å². The zero-order chi connectivity index (χ0) is 9.19. The maximum absolute atomic E-state index is 11.0. The molecular formula is C7H10NO2S2. The van der Waals surface area contributed by atoms with Gasteiger partial charge in [-0.3, -0.25) is 0 Å². The molecule has 5 heteroatoms. The van der Waals surface area contributed by atoms with Crippen LogP contribution in [-0.4, -0.2) is 19.7 Å². The van der Waals surface area contributed by atoms with Crippen LogP contribution in [0.25, 0.3) is 0 Å². The summed E-state index contributed by atoms with van der Waals surface area (Å²) in [5.41, 5.74) is 0.753. The van der Waals surface area contributed by atoms with Gasteiger partial charge in [0.25, 0.3) is 0 Å². The molecule has 1 heterocycles. The first-order valence-corrected chi connectivity index (χ1v) is 6.30. The Morgan fingerprint density at radius 3 is 2.75 bits per heavy atom. The lowest BCUT2D eigenvalue weighted by Gasteiger charge is -1.88. The molecule has 0 spiro atoms. The third-order valence-electron chi connectivity index (χ3n) is 1.23. The highest BCUT2D eigenvalue weighted by Crippen LogP contribution is 2.16. The second-order valence-corrected chi connectivity index (χ2v) is 5.47. The highest BCUT2D eigenvalue weighted by atomic mass is 32.2. The Labute approximate surface area is 76.4 Å². The molecule has 0 saturated carbocycles. The van der Waals surface area contributed by atoms with E-state index in [1.807, 2.05) is 13.3 Å². The van der Waals surface area contributed by atoms with E-state index in [1.165, 1.54) is 17.6 Å². The van der Waals surface area contributed by atoms with Crippen LogP contribution in [0.5, 0.6) is 0 Å². The number of hydrogen-bond acceptors (Lipinski definition) is 4.